The van der Waals surface area contributed by atoms with Crippen LogP contribution in [0.15, 0.2) is 47.8 Å². The predicted molar refractivity (Wildman–Crippen MR) is 93.4 cm³/mol. The molecule has 118 valence electrons. The lowest BCUT2D eigenvalue weighted by molar-refractivity contribution is 0.0954. The van der Waals surface area contributed by atoms with Crippen molar-refractivity contribution in [3.05, 3.63) is 69.7 Å². The van der Waals surface area contributed by atoms with Crippen molar-refractivity contribution in [1.29, 1.82) is 0 Å². The molecule has 0 aliphatic heterocycles. The Morgan fingerprint density at radius 3 is 2.61 bits per heavy atom. The third-order valence-corrected chi connectivity index (χ3v) is 4.56. The Labute approximate surface area is 139 Å². The van der Waals surface area contributed by atoms with Gasteiger partial charge in [0.05, 0.1) is 11.4 Å². The second kappa shape index (κ2) is 6.79. The molecule has 4 nitrogen and oxygen atoms in total. The molecule has 1 N–H and O–H groups in total. The maximum Gasteiger partial charge on any atom is 0.251 e. The third-order valence-electron chi connectivity index (χ3n) is 3.62. The van der Waals surface area contributed by atoms with Crippen molar-refractivity contribution in [1.82, 2.24) is 15.1 Å². The summed E-state index contributed by atoms with van der Waals surface area (Å²) in [7, 11) is 0. The van der Waals surface area contributed by atoms with E-state index >= 15 is 0 Å². The molecule has 0 radical (unpaired) electrons. The van der Waals surface area contributed by atoms with Gasteiger partial charge in [0.15, 0.2) is 0 Å². The average Bonchev–Trinajstić information content (AvgIpc) is 3.17. The lowest BCUT2D eigenvalue weighted by Gasteiger charge is -2.07. The van der Waals surface area contributed by atoms with E-state index < -0.39 is 0 Å². The highest BCUT2D eigenvalue weighted by Gasteiger charge is 2.07. The molecule has 3 aromatic rings. The molecule has 0 unspecified atom stereocenters. The number of carbonyl (C=O) groups is 1. The first-order valence-corrected chi connectivity index (χ1v) is 8.46. The largest absolute Gasteiger partial charge is 0.352 e. The Morgan fingerprint density at radius 2 is 2.00 bits per heavy atom. The lowest BCUT2D eigenvalue weighted by Crippen LogP contribution is -2.25. The molecule has 3 rings (SSSR count). The van der Waals surface area contributed by atoms with Crippen LogP contribution in [-0.4, -0.2) is 22.2 Å². The van der Waals surface area contributed by atoms with E-state index in [1.807, 2.05) is 54.9 Å². The van der Waals surface area contributed by atoms with E-state index in [0.29, 0.717) is 12.1 Å². The van der Waals surface area contributed by atoms with Gasteiger partial charge >= 0.3 is 0 Å². The van der Waals surface area contributed by atoms with Crippen molar-refractivity contribution in [2.75, 3.05) is 6.54 Å². The Morgan fingerprint density at radius 1 is 1.22 bits per heavy atom. The van der Waals surface area contributed by atoms with Gasteiger partial charge in [-0.3, -0.25) is 4.79 Å². The highest BCUT2D eigenvalue weighted by atomic mass is 32.1. The summed E-state index contributed by atoms with van der Waals surface area (Å²) in [4.78, 5) is 13.4. The minimum absolute atomic E-state index is 0.0403. The standard InChI is InChI=1S/C18H19N3OS/c1-13-12-14(2)21(20-13)16-7-5-15(6-8-16)18(22)19-10-9-17-4-3-11-23-17/h3-8,11-12H,9-10H2,1-2H3,(H,19,22). The number of nitrogens with one attached hydrogen (secondary N) is 1. The van der Waals surface area contributed by atoms with Gasteiger partial charge in [0, 0.05) is 22.7 Å². The van der Waals surface area contributed by atoms with Gasteiger partial charge in [-0.05, 0) is 62.0 Å². The van der Waals surface area contributed by atoms with Gasteiger partial charge in [-0.25, -0.2) is 4.68 Å². The van der Waals surface area contributed by atoms with Crippen LogP contribution in [0.25, 0.3) is 5.69 Å². The van der Waals surface area contributed by atoms with Gasteiger partial charge in [-0.1, -0.05) is 6.07 Å². The smallest absolute Gasteiger partial charge is 0.251 e. The zero-order valence-corrected chi connectivity index (χ0v) is 14.1. The van der Waals surface area contributed by atoms with Gasteiger partial charge in [-0.15, -0.1) is 11.3 Å². The molecule has 2 heterocycles. The summed E-state index contributed by atoms with van der Waals surface area (Å²) >= 11 is 1.71. The fourth-order valence-electron chi connectivity index (χ4n) is 2.50. The Bertz CT molecular complexity index is 788. The molecule has 1 amide bonds. The number of nitrogens with zero attached hydrogens (tertiary/aromatic N) is 2. The number of amides is 1. The molecule has 0 bridgehead atoms. The molecule has 0 aliphatic rings. The van der Waals surface area contributed by atoms with Crippen molar-refractivity contribution in [2.45, 2.75) is 20.3 Å². The number of aryl methyl sites for hydroxylation is 2. The molecule has 1 aromatic carbocycles. The van der Waals surface area contributed by atoms with Gasteiger partial charge in [0.2, 0.25) is 0 Å². The molecule has 0 saturated heterocycles. The number of thiophene rings is 1. The van der Waals surface area contributed by atoms with Gasteiger partial charge in [0.25, 0.3) is 5.91 Å². The summed E-state index contributed by atoms with van der Waals surface area (Å²) in [6.45, 7) is 4.64. The highest BCUT2D eigenvalue weighted by Crippen LogP contribution is 2.13. The van der Waals surface area contributed by atoms with E-state index in [0.717, 1.165) is 23.5 Å². The third kappa shape index (κ3) is 3.68. The van der Waals surface area contributed by atoms with E-state index in [2.05, 4.69) is 21.9 Å². The normalized spacial score (nSPS) is 10.7. The minimum atomic E-state index is -0.0403. The van der Waals surface area contributed by atoms with Crippen LogP contribution in [0.1, 0.15) is 26.6 Å². The van der Waals surface area contributed by atoms with Crippen molar-refractivity contribution >= 4 is 17.2 Å². The van der Waals surface area contributed by atoms with Crippen LogP contribution in [-0.2, 0) is 6.42 Å². The monoisotopic (exact) mass is 325 g/mol. The Kier molecular flexibility index (Phi) is 4.57. The summed E-state index contributed by atoms with van der Waals surface area (Å²) in [5.74, 6) is -0.0403. The van der Waals surface area contributed by atoms with Crippen molar-refractivity contribution < 1.29 is 4.79 Å². The van der Waals surface area contributed by atoms with Crippen LogP contribution in [0.5, 0.6) is 0 Å². The molecule has 5 heteroatoms. The maximum absolute atomic E-state index is 12.2. The zero-order chi connectivity index (χ0) is 16.2. The molecule has 2 aromatic heterocycles. The first kappa shape index (κ1) is 15.5. The predicted octanol–water partition coefficient (Wildman–Crippen LogP) is 3.52. The summed E-state index contributed by atoms with van der Waals surface area (Å²) in [5, 5.41) is 9.46. The summed E-state index contributed by atoms with van der Waals surface area (Å²) in [6.07, 6.45) is 0.868. The highest BCUT2D eigenvalue weighted by molar-refractivity contribution is 7.09. The fraction of sp³-hybridized carbons (Fsp3) is 0.222. The molecule has 0 aliphatic carbocycles. The molecule has 0 atom stereocenters. The SMILES string of the molecule is Cc1cc(C)n(-c2ccc(C(=O)NCCc3cccs3)cc2)n1. The topological polar surface area (TPSA) is 46.9 Å². The van der Waals surface area contributed by atoms with E-state index in [4.69, 9.17) is 0 Å². The molecule has 0 spiro atoms. The quantitative estimate of drug-likeness (QED) is 0.780. The van der Waals surface area contributed by atoms with Crippen LogP contribution in [0, 0.1) is 13.8 Å². The van der Waals surface area contributed by atoms with Crippen molar-refractivity contribution in [3.8, 4) is 5.69 Å². The number of hydrogen-bond donors (Lipinski definition) is 1. The van der Waals surface area contributed by atoms with Gasteiger partial charge in [-0.2, -0.15) is 5.10 Å². The second-order valence-electron chi connectivity index (χ2n) is 5.47. The van der Waals surface area contributed by atoms with Crippen LogP contribution < -0.4 is 5.32 Å². The van der Waals surface area contributed by atoms with Crippen molar-refractivity contribution in [3.63, 3.8) is 0 Å². The van der Waals surface area contributed by atoms with Crippen LogP contribution in [0.2, 0.25) is 0 Å². The summed E-state index contributed by atoms with van der Waals surface area (Å²) in [5.41, 5.74) is 3.70. The minimum Gasteiger partial charge on any atom is -0.352 e. The summed E-state index contributed by atoms with van der Waals surface area (Å²) in [6, 6.07) is 13.7. The number of rotatable bonds is 5. The van der Waals surface area contributed by atoms with Gasteiger partial charge < -0.3 is 5.32 Å². The maximum atomic E-state index is 12.2. The van der Waals surface area contributed by atoms with E-state index in [1.54, 1.807) is 11.3 Å². The number of benzene rings is 1. The molecular formula is C18H19N3OS. The van der Waals surface area contributed by atoms with E-state index in [-0.39, 0.29) is 5.91 Å². The van der Waals surface area contributed by atoms with Crippen LogP contribution in [0.3, 0.4) is 0 Å². The molecule has 0 saturated carbocycles. The first-order valence-electron chi connectivity index (χ1n) is 7.58. The number of hydrogen-bond acceptors (Lipinski definition) is 3. The average molecular weight is 325 g/mol. The number of aromatic nitrogens is 2. The summed E-state index contributed by atoms with van der Waals surface area (Å²) < 4.78 is 1.88. The van der Waals surface area contributed by atoms with E-state index in [9.17, 15) is 4.79 Å². The van der Waals surface area contributed by atoms with Crippen LogP contribution >= 0.6 is 11.3 Å². The van der Waals surface area contributed by atoms with Crippen molar-refractivity contribution in [2.24, 2.45) is 0 Å². The fourth-order valence-corrected chi connectivity index (χ4v) is 3.21. The number of carbonyl (C=O) groups excluding carboxylic acids is 1. The lowest BCUT2D eigenvalue weighted by atomic mass is 10.2. The van der Waals surface area contributed by atoms with Gasteiger partial charge in [0.1, 0.15) is 0 Å². The molecule has 23 heavy (non-hydrogen) atoms. The van der Waals surface area contributed by atoms with E-state index in [1.165, 1.54) is 4.88 Å². The molecule has 0 fully saturated rings. The Hall–Kier alpha value is -2.40. The Balaban J connectivity index is 1.62. The zero-order valence-electron chi connectivity index (χ0n) is 13.2. The molecular weight excluding hydrogens is 306 g/mol. The second-order valence-corrected chi connectivity index (χ2v) is 6.50. The van der Waals surface area contributed by atoms with Crippen LogP contribution in [0.4, 0.5) is 0 Å². The first-order chi connectivity index (χ1) is 11.1.